The van der Waals surface area contributed by atoms with E-state index in [4.69, 9.17) is 0 Å². The monoisotopic (exact) mass is 185 g/mol. The molecule has 0 saturated heterocycles. The second kappa shape index (κ2) is 8.31. The van der Waals surface area contributed by atoms with Gasteiger partial charge in [0.25, 0.3) is 0 Å². The maximum Gasteiger partial charge on any atom is 0.00473 e. The van der Waals surface area contributed by atoms with Gasteiger partial charge in [-0.15, -0.1) is 0 Å². The van der Waals surface area contributed by atoms with E-state index in [1.807, 2.05) is 24.3 Å². The van der Waals surface area contributed by atoms with E-state index in [1.165, 1.54) is 0 Å². The van der Waals surface area contributed by atoms with E-state index >= 15 is 0 Å². The summed E-state index contributed by atoms with van der Waals surface area (Å²) in [6.07, 6.45) is 26.5. The second-order valence-corrected chi connectivity index (χ2v) is 3.10. The van der Waals surface area contributed by atoms with Gasteiger partial charge >= 0.3 is 0 Å². The van der Waals surface area contributed by atoms with E-state index in [0.29, 0.717) is 0 Å². The highest BCUT2D eigenvalue weighted by molar-refractivity contribution is 5.17. The number of hydrogen-bond acceptors (Lipinski definition) is 0. The molecule has 0 nitrogen and oxygen atoms in total. The molecule has 1 aliphatic rings. The summed E-state index contributed by atoms with van der Waals surface area (Å²) in [6.45, 7) is 0. The zero-order chi connectivity index (χ0) is 9.90. The average Bonchev–Trinajstić information content (AvgIpc) is 2.22. The molecule has 0 aromatic heterocycles. The molecule has 0 unspecified atom stereocenters. The third-order valence-corrected chi connectivity index (χ3v) is 1.88. The Morgan fingerprint density at radius 1 is 0.500 bits per heavy atom. The fraction of sp³-hybridized carbons (Fsp3) is 0.214. The Balaban J connectivity index is 2.45. The van der Waals surface area contributed by atoms with Gasteiger partial charge in [0.2, 0.25) is 0 Å². The molecule has 0 heteroatoms. The van der Waals surface area contributed by atoms with Crippen molar-refractivity contribution in [3.8, 4) is 0 Å². The van der Waals surface area contributed by atoms with E-state index in [2.05, 4.69) is 42.9 Å². The molecule has 0 aromatic rings. The van der Waals surface area contributed by atoms with Crippen LogP contribution in [0.2, 0.25) is 0 Å². The van der Waals surface area contributed by atoms with Gasteiger partial charge in [0.05, 0.1) is 0 Å². The lowest BCUT2D eigenvalue weighted by molar-refractivity contribution is 1.04. The van der Waals surface area contributed by atoms with Gasteiger partial charge in [-0.05, 0) is 19.3 Å². The van der Waals surface area contributed by atoms with Crippen molar-refractivity contribution in [3.63, 3.8) is 0 Å². The van der Waals surface area contributed by atoms with Crippen LogP contribution in [0.4, 0.5) is 0 Å². The fourth-order valence-electron chi connectivity index (χ4n) is 1.14. The Morgan fingerprint density at radius 3 is 2.29 bits per heavy atom. The predicted octanol–water partition coefficient (Wildman–Crippen LogP) is 4.16. The molecule has 0 aliphatic heterocycles. The molecule has 1 aliphatic carbocycles. The van der Waals surface area contributed by atoms with Crippen LogP contribution in [0.1, 0.15) is 19.3 Å². The average molecular weight is 185 g/mol. The van der Waals surface area contributed by atoms with Gasteiger partial charge in [0, 0.05) is 6.42 Å². The van der Waals surface area contributed by atoms with Crippen LogP contribution in [0.15, 0.2) is 60.8 Å². The minimum Gasteiger partial charge on any atom is -0.0879 e. The molecule has 0 fully saturated rings. The van der Waals surface area contributed by atoms with Crippen molar-refractivity contribution in [3.05, 3.63) is 67.2 Å². The van der Waals surface area contributed by atoms with Crippen molar-refractivity contribution < 1.29 is 0 Å². The molecule has 0 heterocycles. The summed E-state index contributed by atoms with van der Waals surface area (Å²) in [5.41, 5.74) is 0. The van der Waals surface area contributed by atoms with Crippen LogP contribution in [0.3, 0.4) is 0 Å². The molecule has 0 bridgehead atoms. The van der Waals surface area contributed by atoms with Gasteiger partial charge < -0.3 is 0 Å². The Labute approximate surface area is 87.0 Å². The first-order valence-corrected chi connectivity index (χ1v) is 5.13. The van der Waals surface area contributed by atoms with Crippen molar-refractivity contribution >= 4 is 0 Å². The van der Waals surface area contributed by atoms with Crippen LogP contribution in [0.5, 0.6) is 0 Å². The SMILES string of the molecule is [CH]1/C=C/C=C\C=C\C/C=C/CC/C=C/1. The maximum absolute atomic E-state index is 2.24. The molecule has 73 valence electrons. The highest BCUT2D eigenvalue weighted by Crippen LogP contribution is 1.97. The lowest BCUT2D eigenvalue weighted by Crippen LogP contribution is -1.67. The Bertz CT molecular complexity index is 234. The van der Waals surface area contributed by atoms with Gasteiger partial charge in [-0.25, -0.2) is 0 Å². The van der Waals surface area contributed by atoms with Crippen LogP contribution in [0, 0.1) is 6.42 Å². The molecule has 0 aromatic carbocycles. The van der Waals surface area contributed by atoms with Crippen molar-refractivity contribution in [1.82, 2.24) is 0 Å². The zero-order valence-electron chi connectivity index (χ0n) is 8.47. The summed E-state index contributed by atoms with van der Waals surface area (Å²) in [5, 5.41) is 0. The molecule has 1 radical (unpaired) electrons. The van der Waals surface area contributed by atoms with Crippen LogP contribution >= 0.6 is 0 Å². The summed E-state index contributed by atoms with van der Waals surface area (Å²) in [4.78, 5) is 0. The lowest BCUT2D eigenvalue weighted by atomic mass is 10.2. The van der Waals surface area contributed by atoms with Gasteiger partial charge in [-0.1, -0.05) is 60.8 Å². The van der Waals surface area contributed by atoms with E-state index in [0.717, 1.165) is 19.3 Å². The summed E-state index contributed by atoms with van der Waals surface area (Å²) in [5.74, 6) is 0. The largest absolute Gasteiger partial charge is 0.0879 e. The first-order valence-electron chi connectivity index (χ1n) is 5.13. The molecule has 0 saturated carbocycles. The molecule has 0 amide bonds. The normalized spacial score (nSPS) is 29.7. The molecule has 14 heavy (non-hydrogen) atoms. The molecule has 0 N–H and O–H groups in total. The summed E-state index contributed by atoms with van der Waals surface area (Å²) in [7, 11) is 0. The van der Waals surface area contributed by atoms with Gasteiger partial charge in [0.15, 0.2) is 0 Å². The summed E-state index contributed by atoms with van der Waals surface area (Å²) in [6, 6.07) is 0. The van der Waals surface area contributed by atoms with E-state index < -0.39 is 0 Å². The Hall–Kier alpha value is -1.30. The molecule has 0 spiro atoms. The van der Waals surface area contributed by atoms with Crippen molar-refractivity contribution in [2.24, 2.45) is 0 Å². The first kappa shape index (κ1) is 10.8. The zero-order valence-corrected chi connectivity index (χ0v) is 8.47. The van der Waals surface area contributed by atoms with Crippen molar-refractivity contribution in [2.75, 3.05) is 0 Å². The Kier molecular flexibility index (Phi) is 6.39. The molecule has 0 atom stereocenters. The van der Waals surface area contributed by atoms with E-state index in [-0.39, 0.29) is 0 Å². The highest BCUT2D eigenvalue weighted by Gasteiger charge is 1.77. The minimum absolute atomic E-state index is 1.03. The lowest BCUT2D eigenvalue weighted by Gasteiger charge is -1.87. The third-order valence-electron chi connectivity index (χ3n) is 1.88. The van der Waals surface area contributed by atoms with Crippen LogP contribution in [-0.4, -0.2) is 0 Å². The summed E-state index contributed by atoms with van der Waals surface area (Å²) >= 11 is 0. The Morgan fingerprint density at radius 2 is 1.29 bits per heavy atom. The number of hydrogen-bond donors (Lipinski definition) is 0. The smallest absolute Gasteiger partial charge is 0.00473 e. The second-order valence-electron chi connectivity index (χ2n) is 3.10. The maximum atomic E-state index is 2.24. The minimum atomic E-state index is 1.03. The standard InChI is InChI=1S/C14H17/c1-2-4-6-8-10-12-14-13-11-9-7-5-3-1/h1-9,12,14H,10-11,13H2/b3-1+,4-2-,8-6+,9-7+,14-12+. The van der Waals surface area contributed by atoms with Crippen molar-refractivity contribution in [1.29, 1.82) is 0 Å². The number of rotatable bonds is 0. The highest BCUT2D eigenvalue weighted by atomic mass is 13.8. The molecular formula is C14H17. The molecular weight excluding hydrogens is 168 g/mol. The van der Waals surface area contributed by atoms with Crippen molar-refractivity contribution in [2.45, 2.75) is 19.3 Å². The van der Waals surface area contributed by atoms with Crippen LogP contribution in [-0.2, 0) is 0 Å². The molecule has 1 rings (SSSR count). The van der Waals surface area contributed by atoms with Gasteiger partial charge in [0.1, 0.15) is 0 Å². The number of allylic oxidation sites excluding steroid dienone is 10. The first-order chi connectivity index (χ1) is 7.00. The third kappa shape index (κ3) is 6.24. The van der Waals surface area contributed by atoms with E-state index in [9.17, 15) is 0 Å². The van der Waals surface area contributed by atoms with Gasteiger partial charge in [-0.2, -0.15) is 0 Å². The predicted molar refractivity (Wildman–Crippen MR) is 63.9 cm³/mol. The van der Waals surface area contributed by atoms with E-state index in [1.54, 1.807) is 0 Å². The van der Waals surface area contributed by atoms with Gasteiger partial charge in [-0.3, -0.25) is 0 Å². The van der Waals surface area contributed by atoms with Crippen LogP contribution in [0.25, 0.3) is 0 Å². The fourth-order valence-corrected chi connectivity index (χ4v) is 1.14. The topological polar surface area (TPSA) is 0 Å². The summed E-state index contributed by atoms with van der Waals surface area (Å²) < 4.78 is 0. The quantitative estimate of drug-likeness (QED) is 0.497. The van der Waals surface area contributed by atoms with Crippen LogP contribution < -0.4 is 0 Å².